The SMILES string of the molecule is O=C(Cc1cccc(C(F)(F)F)c1)N1CCCC(COc2ncccn2)C1. The number of nitrogens with zero attached hydrogens (tertiary/aromatic N) is 3. The molecule has 8 heteroatoms. The molecule has 1 aliphatic heterocycles. The molecule has 3 rings (SSSR count). The lowest BCUT2D eigenvalue weighted by atomic mass is 9.98. The minimum atomic E-state index is -4.41. The first-order chi connectivity index (χ1) is 12.9. The molecule has 1 saturated heterocycles. The van der Waals surface area contributed by atoms with E-state index in [0.29, 0.717) is 31.3 Å². The molecule has 5 nitrogen and oxygen atoms in total. The van der Waals surface area contributed by atoms with Crippen LogP contribution in [0.3, 0.4) is 0 Å². The summed E-state index contributed by atoms with van der Waals surface area (Å²) in [7, 11) is 0. The Hall–Kier alpha value is -2.64. The van der Waals surface area contributed by atoms with Gasteiger partial charge in [0.25, 0.3) is 0 Å². The average molecular weight is 379 g/mol. The number of benzene rings is 1. The van der Waals surface area contributed by atoms with Crippen molar-refractivity contribution < 1.29 is 22.7 Å². The van der Waals surface area contributed by atoms with Crippen LogP contribution in [-0.2, 0) is 17.4 Å². The smallest absolute Gasteiger partial charge is 0.416 e. The Labute approximate surface area is 155 Å². The Kier molecular flexibility index (Phi) is 5.93. The summed E-state index contributed by atoms with van der Waals surface area (Å²) in [6.45, 7) is 1.53. The second-order valence-corrected chi connectivity index (χ2v) is 6.57. The molecule has 27 heavy (non-hydrogen) atoms. The molecule has 0 spiro atoms. The maximum Gasteiger partial charge on any atom is 0.416 e. The second-order valence-electron chi connectivity index (χ2n) is 6.57. The highest BCUT2D eigenvalue weighted by Crippen LogP contribution is 2.29. The number of alkyl halides is 3. The van der Waals surface area contributed by atoms with Crippen LogP contribution < -0.4 is 4.74 Å². The number of carbonyl (C=O) groups is 1. The Balaban J connectivity index is 1.55. The lowest BCUT2D eigenvalue weighted by molar-refractivity contribution is -0.138. The van der Waals surface area contributed by atoms with E-state index < -0.39 is 11.7 Å². The van der Waals surface area contributed by atoms with E-state index in [1.807, 2.05) is 0 Å². The van der Waals surface area contributed by atoms with Gasteiger partial charge in [0, 0.05) is 31.4 Å². The maximum absolute atomic E-state index is 12.8. The summed E-state index contributed by atoms with van der Waals surface area (Å²) in [5.74, 6) is -0.0250. The van der Waals surface area contributed by atoms with E-state index in [-0.39, 0.29) is 18.2 Å². The van der Waals surface area contributed by atoms with Gasteiger partial charge in [-0.1, -0.05) is 18.2 Å². The quantitative estimate of drug-likeness (QED) is 0.800. The van der Waals surface area contributed by atoms with Crippen molar-refractivity contribution >= 4 is 5.91 Å². The summed E-state index contributed by atoms with van der Waals surface area (Å²) >= 11 is 0. The molecule has 0 bridgehead atoms. The van der Waals surface area contributed by atoms with Gasteiger partial charge in [0.1, 0.15) is 0 Å². The minimum Gasteiger partial charge on any atom is -0.463 e. The van der Waals surface area contributed by atoms with E-state index in [4.69, 9.17) is 4.74 Å². The summed E-state index contributed by atoms with van der Waals surface area (Å²) in [6, 6.07) is 6.91. The van der Waals surface area contributed by atoms with E-state index >= 15 is 0 Å². The number of ether oxygens (including phenoxy) is 1. The van der Waals surface area contributed by atoms with Crippen molar-refractivity contribution in [1.29, 1.82) is 0 Å². The highest BCUT2D eigenvalue weighted by Gasteiger charge is 2.31. The first kappa shape index (κ1) is 19.1. The van der Waals surface area contributed by atoms with Crippen molar-refractivity contribution in [2.75, 3.05) is 19.7 Å². The maximum atomic E-state index is 12.8. The van der Waals surface area contributed by atoms with E-state index in [2.05, 4.69) is 9.97 Å². The fourth-order valence-electron chi connectivity index (χ4n) is 3.12. The number of piperidine rings is 1. The van der Waals surface area contributed by atoms with Crippen LogP contribution in [-0.4, -0.2) is 40.5 Å². The van der Waals surface area contributed by atoms with Crippen molar-refractivity contribution in [3.05, 3.63) is 53.9 Å². The highest BCUT2D eigenvalue weighted by atomic mass is 19.4. The fourth-order valence-corrected chi connectivity index (χ4v) is 3.12. The molecule has 1 amide bonds. The third kappa shape index (κ3) is 5.42. The molecule has 1 aromatic heterocycles. The molecule has 1 aliphatic rings. The van der Waals surface area contributed by atoms with Crippen LogP contribution >= 0.6 is 0 Å². The van der Waals surface area contributed by atoms with E-state index in [1.54, 1.807) is 29.4 Å². The average Bonchev–Trinajstić information content (AvgIpc) is 2.67. The summed E-state index contributed by atoms with van der Waals surface area (Å²) < 4.78 is 44.0. The molecular formula is C19H20F3N3O2. The van der Waals surface area contributed by atoms with Crippen molar-refractivity contribution in [2.45, 2.75) is 25.4 Å². The van der Waals surface area contributed by atoms with Gasteiger partial charge in [0.2, 0.25) is 5.91 Å². The Bertz CT molecular complexity index is 768. The second kappa shape index (κ2) is 8.37. The third-order valence-electron chi connectivity index (χ3n) is 4.47. The number of amides is 1. The zero-order valence-electron chi connectivity index (χ0n) is 14.7. The van der Waals surface area contributed by atoms with Crippen molar-refractivity contribution in [3.8, 4) is 6.01 Å². The molecule has 2 aromatic rings. The molecule has 1 atom stereocenters. The Morgan fingerprint density at radius 3 is 2.74 bits per heavy atom. The molecule has 144 valence electrons. The molecule has 1 unspecified atom stereocenters. The number of hydrogen-bond acceptors (Lipinski definition) is 4. The summed E-state index contributed by atoms with van der Waals surface area (Å²) in [6.07, 6.45) is 0.478. The van der Waals surface area contributed by atoms with Crippen LogP contribution in [0.15, 0.2) is 42.7 Å². The van der Waals surface area contributed by atoms with Crippen LogP contribution in [0, 0.1) is 5.92 Å². The number of rotatable bonds is 5. The van der Waals surface area contributed by atoms with E-state index in [0.717, 1.165) is 25.0 Å². The van der Waals surface area contributed by atoms with Crippen LogP contribution in [0.25, 0.3) is 0 Å². The zero-order valence-corrected chi connectivity index (χ0v) is 14.7. The fraction of sp³-hybridized carbons (Fsp3) is 0.421. The number of hydrogen-bond donors (Lipinski definition) is 0. The lowest BCUT2D eigenvalue weighted by Gasteiger charge is -2.32. The topological polar surface area (TPSA) is 55.3 Å². The van der Waals surface area contributed by atoms with Gasteiger partial charge in [-0.2, -0.15) is 13.2 Å². The standard InChI is InChI=1S/C19H20F3N3O2/c20-19(21,22)16-6-1-4-14(10-16)11-17(26)25-9-2-5-15(12-25)13-27-18-23-7-3-8-24-18/h1,3-4,6-8,10,15H,2,5,9,11-13H2. The predicted octanol–water partition coefficient (Wildman–Crippen LogP) is 3.36. The Morgan fingerprint density at radius 1 is 1.22 bits per heavy atom. The zero-order chi connectivity index (χ0) is 19.3. The molecule has 0 aliphatic carbocycles. The Morgan fingerprint density at radius 2 is 2.00 bits per heavy atom. The summed E-state index contributed by atoms with van der Waals surface area (Å²) in [5, 5.41) is 0. The van der Waals surface area contributed by atoms with Gasteiger partial charge in [-0.3, -0.25) is 4.79 Å². The van der Waals surface area contributed by atoms with Gasteiger partial charge >= 0.3 is 12.2 Å². The number of carbonyl (C=O) groups excluding carboxylic acids is 1. The monoisotopic (exact) mass is 379 g/mol. The number of halogens is 3. The normalized spacial score (nSPS) is 17.6. The van der Waals surface area contributed by atoms with Gasteiger partial charge < -0.3 is 9.64 Å². The largest absolute Gasteiger partial charge is 0.463 e. The molecular weight excluding hydrogens is 359 g/mol. The first-order valence-electron chi connectivity index (χ1n) is 8.75. The van der Waals surface area contributed by atoms with Gasteiger partial charge in [0.05, 0.1) is 18.6 Å². The molecule has 2 heterocycles. The van der Waals surface area contributed by atoms with Crippen LogP contribution in [0.2, 0.25) is 0 Å². The van der Waals surface area contributed by atoms with Gasteiger partial charge in [-0.25, -0.2) is 9.97 Å². The van der Waals surface area contributed by atoms with Gasteiger partial charge in [-0.05, 0) is 30.5 Å². The van der Waals surface area contributed by atoms with E-state index in [9.17, 15) is 18.0 Å². The minimum absolute atomic E-state index is 0.0424. The van der Waals surface area contributed by atoms with Crippen molar-refractivity contribution in [2.24, 2.45) is 5.92 Å². The highest BCUT2D eigenvalue weighted by molar-refractivity contribution is 5.79. The number of aromatic nitrogens is 2. The molecule has 0 N–H and O–H groups in total. The molecule has 0 radical (unpaired) electrons. The first-order valence-corrected chi connectivity index (χ1v) is 8.75. The lowest BCUT2D eigenvalue weighted by Crippen LogP contribution is -2.42. The van der Waals surface area contributed by atoms with Crippen molar-refractivity contribution in [1.82, 2.24) is 14.9 Å². The molecule has 1 fully saturated rings. The molecule has 1 aromatic carbocycles. The van der Waals surface area contributed by atoms with E-state index in [1.165, 1.54) is 6.07 Å². The van der Waals surface area contributed by atoms with Gasteiger partial charge in [-0.15, -0.1) is 0 Å². The van der Waals surface area contributed by atoms with Crippen molar-refractivity contribution in [3.63, 3.8) is 0 Å². The predicted molar refractivity (Wildman–Crippen MR) is 92.0 cm³/mol. The summed E-state index contributed by atoms with van der Waals surface area (Å²) in [5.41, 5.74) is -0.369. The number of likely N-dealkylation sites (tertiary alicyclic amines) is 1. The van der Waals surface area contributed by atoms with Crippen LogP contribution in [0.4, 0.5) is 13.2 Å². The van der Waals surface area contributed by atoms with Crippen LogP contribution in [0.1, 0.15) is 24.0 Å². The third-order valence-corrected chi connectivity index (χ3v) is 4.47. The van der Waals surface area contributed by atoms with Crippen LogP contribution in [0.5, 0.6) is 6.01 Å². The summed E-state index contributed by atoms with van der Waals surface area (Å²) in [4.78, 5) is 22.2. The van der Waals surface area contributed by atoms with Gasteiger partial charge in [0.15, 0.2) is 0 Å². The molecule has 0 saturated carbocycles.